The van der Waals surface area contributed by atoms with Gasteiger partial charge in [-0.15, -0.1) is 0 Å². The molecule has 0 bridgehead atoms. The van der Waals surface area contributed by atoms with Crippen LogP contribution >= 0.6 is 0 Å². The number of likely N-dealkylation sites (tertiary alicyclic amines) is 1. The van der Waals surface area contributed by atoms with E-state index in [-0.39, 0.29) is 19.0 Å². The number of allylic oxidation sites excluding steroid dienone is 4. The number of rotatable bonds is 6. The molecule has 1 saturated heterocycles. The first-order valence-corrected chi connectivity index (χ1v) is 10.7. The predicted octanol–water partition coefficient (Wildman–Crippen LogP) is 3.80. The Morgan fingerprint density at radius 2 is 1.70 bits per heavy atom. The summed E-state index contributed by atoms with van der Waals surface area (Å²) < 4.78 is 0. The zero-order valence-corrected chi connectivity index (χ0v) is 17.3. The molecule has 30 heavy (non-hydrogen) atoms. The van der Waals surface area contributed by atoms with Crippen molar-refractivity contribution in [2.75, 3.05) is 13.1 Å². The number of ketones is 1. The lowest BCUT2D eigenvalue weighted by Crippen LogP contribution is -2.32. The highest BCUT2D eigenvalue weighted by atomic mass is 16.3. The lowest BCUT2D eigenvalue weighted by Gasteiger charge is -2.30. The summed E-state index contributed by atoms with van der Waals surface area (Å²) in [6, 6.07) is 14.2. The van der Waals surface area contributed by atoms with Crippen LogP contribution in [-0.2, 0) is 26.2 Å². The Morgan fingerprint density at radius 3 is 2.40 bits per heavy atom. The minimum atomic E-state index is -0.168. The Morgan fingerprint density at radius 1 is 1.00 bits per heavy atom. The Bertz CT molecular complexity index is 954. The number of carbonyl (C=O) groups is 1. The van der Waals surface area contributed by atoms with Crippen molar-refractivity contribution in [2.24, 2.45) is 5.92 Å². The highest BCUT2D eigenvalue weighted by Gasteiger charge is 2.26. The van der Waals surface area contributed by atoms with E-state index >= 15 is 0 Å². The van der Waals surface area contributed by atoms with E-state index in [1.807, 2.05) is 18.2 Å². The molecule has 0 unspecified atom stereocenters. The van der Waals surface area contributed by atoms with E-state index in [1.165, 1.54) is 5.56 Å². The fourth-order valence-electron chi connectivity index (χ4n) is 4.46. The lowest BCUT2D eigenvalue weighted by atomic mass is 9.95. The van der Waals surface area contributed by atoms with Gasteiger partial charge in [-0.25, -0.2) is 0 Å². The molecule has 4 rings (SSSR count). The van der Waals surface area contributed by atoms with E-state index in [0.717, 1.165) is 43.6 Å². The van der Waals surface area contributed by atoms with Crippen LogP contribution in [-0.4, -0.2) is 34.0 Å². The first-order valence-electron chi connectivity index (χ1n) is 10.7. The number of hydrogen-bond acceptors (Lipinski definition) is 4. The Balaban J connectivity index is 1.33. The summed E-state index contributed by atoms with van der Waals surface area (Å²) in [5.41, 5.74) is 5.07. The molecule has 4 nitrogen and oxygen atoms in total. The van der Waals surface area contributed by atoms with Crippen molar-refractivity contribution >= 4 is 5.78 Å². The van der Waals surface area contributed by atoms with Crippen LogP contribution in [0.1, 0.15) is 45.5 Å². The standard InChI is InChI=1S/C26H29NO3/c28-17-23-14-22-13-21(26(30)25(22)15-24(23)18-29)8-4-7-19-9-11-27(12-10-19)16-20-5-2-1-3-6-20/h1-8,14-15,19,28-29H,9-13,16-18H2. The minimum absolute atomic E-state index is 0.0338. The minimum Gasteiger partial charge on any atom is -0.392 e. The maximum Gasteiger partial charge on any atom is 0.189 e. The molecule has 2 aromatic carbocycles. The van der Waals surface area contributed by atoms with Gasteiger partial charge in [0.05, 0.1) is 13.2 Å². The summed E-state index contributed by atoms with van der Waals surface area (Å²) in [7, 11) is 0. The van der Waals surface area contributed by atoms with Crippen LogP contribution in [0.3, 0.4) is 0 Å². The quantitative estimate of drug-likeness (QED) is 0.720. The van der Waals surface area contributed by atoms with Crippen LogP contribution in [0, 0.1) is 5.92 Å². The van der Waals surface area contributed by atoms with Gasteiger partial charge in [0, 0.05) is 24.1 Å². The fourth-order valence-corrected chi connectivity index (χ4v) is 4.46. The predicted molar refractivity (Wildman–Crippen MR) is 118 cm³/mol. The maximum atomic E-state index is 12.7. The van der Waals surface area contributed by atoms with Crippen molar-refractivity contribution in [1.82, 2.24) is 4.90 Å². The molecular formula is C26H29NO3. The number of fused-ring (bicyclic) bond motifs is 1. The second-order valence-corrected chi connectivity index (χ2v) is 8.28. The van der Waals surface area contributed by atoms with Crippen LogP contribution in [0.5, 0.6) is 0 Å². The van der Waals surface area contributed by atoms with Gasteiger partial charge in [-0.2, -0.15) is 0 Å². The average Bonchev–Trinajstić information content (AvgIpc) is 3.09. The number of aliphatic hydroxyl groups is 2. The lowest BCUT2D eigenvalue weighted by molar-refractivity contribution is 0.103. The summed E-state index contributed by atoms with van der Waals surface area (Å²) >= 11 is 0. The number of Topliss-reactive ketones (excluding diaryl/α,β-unsaturated/α-hetero) is 1. The van der Waals surface area contributed by atoms with E-state index in [1.54, 1.807) is 6.07 Å². The normalized spacial score (nSPS) is 19.1. The maximum absolute atomic E-state index is 12.7. The summed E-state index contributed by atoms with van der Waals surface area (Å²) in [5.74, 6) is 0.584. The molecule has 2 aromatic rings. The van der Waals surface area contributed by atoms with Crippen LogP contribution < -0.4 is 0 Å². The van der Waals surface area contributed by atoms with Crippen molar-refractivity contribution in [2.45, 2.75) is 39.0 Å². The summed E-state index contributed by atoms with van der Waals surface area (Å²) in [4.78, 5) is 15.2. The SMILES string of the molecule is O=C1C(=CC=CC2CCN(Cc3ccccc3)CC2)Cc2cc(CO)c(CO)cc21. The number of nitrogens with zero attached hydrogens (tertiary/aromatic N) is 1. The molecule has 156 valence electrons. The average molecular weight is 404 g/mol. The van der Waals surface area contributed by atoms with E-state index < -0.39 is 0 Å². The number of hydrogen-bond donors (Lipinski definition) is 2. The molecule has 0 spiro atoms. The second kappa shape index (κ2) is 9.52. The molecule has 4 heteroatoms. The third kappa shape index (κ3) is 4.62. The van der Waals surface area contributed by atoms with Crippen LogP contribution in [0.4, 0.5) is 0 Å². The Kier molecular flexibility index (Phi) is 6.58. The van der Waals surface area contributed by atoms with E-state index in [2.05, 4.69) is 41.3 Å². The zero-order chi connectivity index (χ0) is 20.9. The van der Waals surface area contributed by atoms with E-state index in [4.69, 9.17) is 0 Å². The van der Waals surface area contributed by atoms with E-state index in [9.17, 15) is 15.0 Å². The van der Waals surface area contributed by atoms with Gasteiger partial charge in [0.2, 0.25) is 0 Å². The summed E-state index contributed by atoms with van der Waals surface area (Å²) in [5, 5.41) is 18.9. The van der Waals surface area contributed by atoms with Gasteiger partial charge in [0.15, 0.2) is 5.78 Å². The molecule has 2 aliphatic rings. The first kappa shape index (κ1) is 20.7. The molecule has 0 atom stereocenters. The molecule has 1 aliphatic heterocycles. The van der Waals surface area contributed by atoms with Crippen molar-refractivity contribution < 1.29 is 15.0 Å². The summed E-state index contributed by atoms with van der Waals surface area (Å²) in [6.45, 7) is 2.91. The monoisotopic (exact) mass is 403 g/mol. The van der Waals surface area contributed by atoms with Crippen molar-refractivity contribution in [1.29, 1.82) is 0 Å². The molecule has 0 radical (unpaired) electrons. The Labute approximate surface area is 178 Å². The van der Waals surface area contributed by atoms with Crippen molar-refractivity contribution in [3.63, 3.8) is 0 Å². The topological polar surface area (TPSA) is 60.8 Å². The van der Waals surface area contributed by atoms with Crippen molar-refractivity contribution in [3.8, 4) is 0 Å². The first-order chi connectivity index (χ1) is 14.7. The van der Waals surface area contributed by atoms with Gasteiger partial charge < -0.3 is 10.2 Å². The second-order valence-electron chi connectivity index (χ2n) is 8.28. The van der Waals surface area contributed by atoms with Gasteiger partial charge in [0.1, 0.15) is 0 Å². The zero-order valence-electron chi connectivity index (χ0n) is 17.3. The smallest absolute Gasteiger partial charge is 0.189 e. The molecule has 1 aliphatic carbocycles. The largest absolute Gasteiger partial charge is 0.392 e. The molecule has 1 heterocycles. The number of carbonyl (C=O) groups excluding carboxylic acids is 1. The van der Waals surface area contributed by atoms with Gasteiger partial charge in [-0.3, -0.25) is 9.69 Å². The van der Waals surface area contributed by atoms with Crippen LogP contribution in [0.25, 0.3) is 0 Å². The third-order valence-corrected chi connectivity index (χ3v) is 6.25. The fraction of sp³-hybridized carbons (Fsp3) is 0.346. The molecule has 0 saturated carbocycles. The highest BCUT2D eigenvalue weighted by Crippen LogP contribution is 2.30. The third-order valence-electron chi connectivity index (χ3n) is 6.25. The van der Waals surface area contributed by atoms with Crippen molar-refractivity contribution in [3.05, 3.63) is 94.1 Å². The Hall–Kier alpha value is -2.53. The van der Waals surface area contributed by atoms with Crippen LogP contribution in [0.15, 0.2) is 66.3 Å². The van der Waals surface area contributed by atoms with Crippen LogP contribution in [0.2, 0.25) is 0 Å². The molecular weight excluding hydrogens is 374 g/mol. The number of benzene rings is 2. The molecule has 1 fully saturated rings. The number of aliphatic hydroxyl groups excluding tert-OH is 2. The highest BCUT2D eigenvalue weighted by molar-refractivity contribution is 6.13. The van der Waals surface area contributed by atoms with Gasteiger partial charge in [0.25, 0.3) is 0 Å². The van der Waals surface area contributed by atoms with Gasteiger partial charge in [-0.1, -0.05) is 54.6 Å². The van der Waals surface area contributed by atoms with Gasteiger partial charge in [-0.05, 0) is 60.2 Å². The number of piperidine rings is 1. The molecule has 2 N–H and O–H groups in total. The van der Waals surface area contributed by atoms with Gasteiger partial charge >= 0.3 is 0 Å². The van der Waals surface area contributed by atoms with E-state index in [0.29, 0.717) is 29.0 Å². The molecule has 0 amide bonds. The molecule has 0 aromatic heterocycles. The summed E-state index contributed by atoms with van der Waals surface area (Å²) in [6.07, 6.45) is 9.08.